The minimum absolute atomic E-state index is 0.0766. The minimum atomic E-state index is -1.22. The van der Waals surface area contributed by atoms with E-state index in [9.17, 15) is 9.18 Å². The van der Waals surface area contributed by atoms with Gasteiger partial charge in [0, 0.05) is 13.1 Å². The van der Waals surface area contributed by atoms with Crippen LogP contribution in [0, 0.1) is 35.5 Å². The molecule has 0 radical (unpaired) electrons. The predicted molar refractivity (Wildman–Crippen MR) is 73.3 cm³/mol. The van der Waals surface area contributed by atoms with Gasteiger partial charge < -0.3 is 4.90 Å². The summed E-state index contributed by atoms with van der Waals surface area (Å²) in [6, 6.07) is 0. The van der Waals surface area contributed by atoms with E-state index in [2.05, 4.69) is 20.8 Å². The molecule has 1 aliphatic heterocycles. The van der Waals surface area contributed by atoms with Gasteiger partial charge >= 0.3 is 0 Å². The molecule has 1 heterocycles. The van der Waals surface area contributed by atoms with E-state index in [0.29, 0.717) is 24.2 Å². The van der Waals surface area contributed by atoms with Crippen molar-refractivity contribution in [1.29, 1.82) is 0 Å². The standard InChI is InChI=1S/C16H26FNO/c1-9(2)12-5-11-7-18(8-13(11)10(12)3)15(19)14-6-16(14,4)17/h9-14H,5-8H2,1-4H3/t10-,11+,12-,13+,14?,16?/m0/s1. The van der Waals surface area contributed by atoms with E-state index in [1.54, 1.807) is 6.92 Å². The van der Waals surface area contributed by atoms with Gasteiger partial charge in [0.1, 0.15) is 5.67 Å². The first-order chi connectivity index (χ1) is 8.81. The quantitative estimate of drug-likeness (QED) is 0.753. The zero-order chi connectivity index (χ0) is 13.9. The summed E-state index contributed by atoms with van der Waals surface area (Å²) >= 11 is 0. The minimum Gasteiger partial charge on any atom is -0.342 e. The second-order valence-corrected chi connectivity index (χ2v) is 7.70. The van der Waals surface area contributed by atoms with E-state index < -0.39 is 5.67 Å². The molecule has 0 aromatic heterocycles. The van der Waals surface area contributed by atoms with Gasteiger partial charge in [-0.25, -0.2) is 4.39 Å². The van der Waals surface area contributed by atoms with Gasteiger partial charge in [-0.3, -0.25) is 4.79 Å². The van der Waals surface area contributed by atoms with E-state index >= 15 is 0 Å². The van der Waals surface area contributed by atoms with Gasteiger partial charge in [-0.15, -0.1) is 0 Å². The number of fused-ring (bicyclic) bond motifs is 1. The highest BCUT2D eigenvalue weighted by atomic mass is 19.1. The third-order valence-corrected chi connectivity index (χ3v) is 6.05. The number of carbonyl (C=O) groups is 1. The van der Waals surface area contributed by atoms with Crippen LogP contribution in [-0.2, 0) is 4.79 Å². The number of hydrogen-bond acceptors (Lipinski definition) is 1. The molecule has 2 nitrogen and oxygen atoms in total. The van der Waals surface area contributed by atoms with Crippen molar-refractivity contribution in [2.45, 2.75) is 46.2 Å². The van der Waals surface area contributed by atoms with Crippen LogP contribution in [0.25, 0.3) is 0 Å². The lowest BCUT2D eigenvalue weighted by Gasteiger charge is -2.25. The van der Waals surface area contributed by atoms with Crippen molar-refractivity contribution in [3.63, 3.8) is 0 Å². The van der Waals surface area contributed by atoms with Crippen LogP contribution >= 0.6 is 0 Å². The fraction of sp³-hybridized carbons (Fsp3) is 0.938. The maximum atomic E-state index is 13.7. The summed E-state index contributed by atoms with van der Waals surface area (Å²) in [5.41, 5.74) is -1.22. The molecule has 1 amide bonds. The molecule has 108 valence electrons. The molecular weight excluding hydrogens is 241 g/mol. The zero-order valence-corrected chi connectivity index (χ0v) is 12.5. The molecule has 2 unspecified atom stereocenters. The SMILES string of the molecule is CC(C)[C@@H]1C[C@@H]2CN(C(=O)C3CC3(C)F)C[C@@H]2[C@H]1C. The molecule has 3 rings (SSSR count). The van der Waals surface area contributed by atoms with Crippen molar-refractivity contribution in [1.82, 2.24) is 4.90 Å². The third kappa shape index (κ3) is 2.09. The van der Waals surface area contributed by atoms with Gasteiger partial charge in [0.2, 0.25) is 5.91 Å². The van der Waals surface area contributed by atoms with Crippen LogP contribution in [0.2, 0.25) is 0 Å². The van der Waals surface area contributed by atoms with Crippen LogP contribution in [0.4, 0.5) is 4.39 Å². The lowest BCUT2D eigenvalue weighted by atomic mass is 9.84. The smallest absolute Gasteiger partial charge is 0.229 e. The number of amides is 1. The number of hydrogen-bond donors (Lipinski definition) is 0. The first-order valence-corrected chi connectivity index (χ1v) is 7.79. The molecule has 6 atom stereocenters. The normalized spacial score (nSPS) is 48.7. The summed E-state index contributed by atoms with van der Waals surface area (Å²) in [5.74, 6) is 3.30. The van der Waals surface area contributed by atoms with Crippen LogP contribution in [0.15, 0.2) is 0 Å². The Morgan fingerprint density at radius 2 is 2.00 bits per heavy atom. The number of halogens is 1. The van der Waals surface area contributed by atoms with E-state index in [4.69, 9.17) is 0 Å². The molecule has 1 saturated heterocycles. The van der Waals surface area contributed by atoms with Gasteiger partial charge in [0.05, 0.1) is 5.92 Å². The molecular formula is C16H26FNO. The summed E-state index contributed by atoms with van der Waals surface area (Å²) in [7, 11) is 0. The van der Waals surface area contributed by atoms with Crippen LogP contribution in [0.1, 0.15) is 40.5 Å². The van der Waals surface area contributed by atoms with E-state index in [-0.39, 0.29) is 11.8 Å². The number of alkyl halides is 1. The van der Waals surface area contributed by atoms with Gasteiger partial charge in [-0.05, 0) is 49.4 Å². The van der Waals surface area contributed by atoms with Gasteiger partial charge in [0.15, 0.2) is 0 Å². The van der Waals surface area contributed by atoms with Crippen molar-refractivity contribution in [3.8, 4) is 0 Å². The molecule has 3 heteroatoms. The molecule has 3 aliphatic rings. The van der Waals surface area contributed by atoms with Crippen molar-refractivity contribution in [3.05, 3.63) is 0 Å². The molecule has 2 saturated carbocycles. The monoisotopic (exact) mass is 267 g/mol. The van der Waals surface area contributed by atoms with Gasteiger partial charge in [0.25, 0.3) is 0 Å². The Bertz CT molecular complexity index is 392. The third-order valence-electron chi connectivity index (χ3n) is 6.05. The average molecular weight is 267 g/mol. The molecule has 0 aromatic carbocycles. The van der Waals surface area contributed by atoms with E-state index in [0.717, 1.165) is 24.9 Å². The Balaban J connectivity index is 1.63. The molecule has 2 aliphatic carbocycles. The highest BCUT2D eigenvalue weighted by molar-refractivity contribution is 5.83. The fourth-order valence-corrected chi connectivity index (χ4v) is 4.59. The Labute approximate surface area is 115 Å². The highest BCUT2D eigenvalue weighted by Crippen LogP contribution is 2.51. The second kappa shape index (κ2) is 4.20. The van der Waals surface area contributed by atoms with Crippen molar-refractivity contribution >= 4 is 5.91 Å². The second-order valence-electron chi connectivity index (χ2n) is 7.70. The topological polar surface area (TPSA) is 20.3 Å². The number of likely N-dealkylation sites (tertiary alicyclic amines) is 1. The summed E-state index contributed by atoms with van der Waals surface area (Å²) < 4.78 is 13.7. The lowest BCUT2D eigenvalue weighted by Crippen LogP contribution is -2.34. The summed E-state index contributed by atoms with van der Waals surface area (Å²) in [5, 5.41) is 0. The Morgan fingerprint density at radius 3 is 2.47 bits per heavy atom. The summed E-state index contributed by atoms with van der Waals surface area (Å²) in [6.07, 6.45) is 1.69. The number of nitrogens with zero attached hydrogens (tertiary/aromatic N) is 1. The molecule has 0 spiro atoms. The van der Waals surface area contributed by atoms with Crippen LogP contribution in [0.5, 0.6) is 0 Å². The highest BCUT2D eigenvalue weighted by Gasteiger charge is 2.58. The predicted octanol–water partition coefficient (Wildman–Crippen LogP) is 3.12. The maximum absolute atomic E-state index is 13.7. The van der Waals surface area contributed by atoms with Gasteiger partial charge in [-0.1, -0.05) is 20.8 Å². The summed E-state index contributed by atoms with van der Waals surface area (Å²) in [6.45, 7) is 10.3. The largest absolute Gasteiger partial charge is 0.342 e. The molecule has 19 heavy (non-hydrogen) atoms. The molecule has 0 bridgehead atoms. The maximum Gasteiger partial charge on any atom is 0.229 e. The van der Waals surface area contributed by atoms with Crippen LogP contribution < -0.4 is 0 Å². The Kier molecular flexibility index (Phi) is 2.96. The summed E-state index contributed by atoms with van der Waals surface area (Å²) in [4.78, 5) is 14.2. The fourth-order valence-electron chi connectivity index (χ4n) is 4.59. The molecule has 3 fully saturated rings. The first kappa shape index (κ1) is 13.4. The van der Waals surface area contributed by atoms with Crippen molar-refractivity contribution in [2.75, 3.05) is 13.1 Å². The van der Waals surface area contributed by atoms with Crippen molar-refractivity contribution < 1.29 is 9.18 Å². The molecule has 0 N–H and O–H groups in total. The zero-order valence-electron chi connectivity index (χ0n) is 12.5. The molecule has 0 aromatic rings. The average Bonchev–Trinajstić information content (AvgIpc) is 2.71. The van der Waals surface area contributed by atoms with E-state index in [1.165, 1.54) is 6.42 Å². The number of carbonyl (C=O) groups excluding carboxylic acids is 1. The first-order valence-electron chi connectivity index (χ1n) is 7.79. The van der Waals surface area contributed by atoms with Crippen molar-refractivity contribution in [2.24, 2.45) is 35.5 Å². The Hall–Kier alpha value is -0.600. The van der Waals surface area contributed by atoms with Crippen LogP contribution in [-0.4, -0.2) is 29.6 Å². The Morgan fingerprint density at radius 1 is 1.37 bits per heavy atom. The lowest BCUT2D eigenvalue weighted by molar-refractivity contribution is -0.132. The van der Waals surface area contributed by atoms with E-state index in [1.807, 2.05) is 4.90 Å². The van der Waals surface area contributed by atoms with Crippen LogP contribution in [0.3, 0.4) is 0 Å². The van der Waals surface area contributed by atoms with Gasteiger partial charge in [-0.2, -0.15) is 0 Å². The number of rotatable bonds is 2.